The SMILES string of the molecule is COC(=O)c1ccc(N2CC(O)=C(c3ccccc3)C2=N)cc1. The van der Waals surface area contributed by atoms with E-state index in [2.05, 4.69) is 4.74 Å². The Bertz CT molecular complexity index is 780. The van der Waals surface area contributed by atoms with Gasteiger partial charge >= 0.3 is 5.97 Å². The molecule has 0 aliphatic carbocycles. The minimum atomic E-state index is -0.404. The molecule has 116 valence electrons. The van der Waals surface area contributed by atoms with Crippen LogP contribution in [0.5, 0.6) is 0 Å². The fourth-order valence-electron chi connectivity index (χ4n) is 2.60. The van der Waals surface area contributed by atoms with Gasteiger partial charge in [-0.15, -0.1) is 0 Å². The van der Waals surface area contributed by atoms with E-state index >= 15 is 0 Å². The first kappa shape index (κ1) is 14.8. The van der Waals surface area contributed by atoms with Crippen LogP contribution in [0.25, 0.3) is 5.57 Å². The summed E-state index contributed by atoms with van der Waals surface area (Å²) in [7, 11) is 1.33. The molecule has 0 bridgehead atoms. The number of methoxy groups -OCH3 is 1. The quantitative estimate of drug-likeness (QED) is 0.854. The number of aliphatic hydroxyl groups is 1. The van der Waals surface area contributed by atoms with Crippen molar-refractivity contribution < 1.29 is 14.6 Å². The Labute approximate surface area is 133 Å². The minimum Gasteiger partial charge on any atom is -0.510 e. The lowest BCUT2D eigenvalue weighted by atomic mass is 10.1. The van der Waals surface area contributed by atoms with Crippen LogP contribution in [-0.4, -0.2) is 30.6 Å². The Morgan fingerprint density at radius 2 is 1.78 bits per heavy atom. The fraction of sp³-hybridized carbons (Fsp3) is 0.111. The van der Waals surface area contributed by atoms with E-state index in [1.807, 2.05) is 30.3 Å². The molecule has 0 saturated heterocycles. The third-order valence-corrected chi connectivity index (χ3v) is 3.77. The number of hydrogen-bond acceptors (Lipinski definition) is 4. The average Bonchev–Trinajstić information content (AvgIpc) is 2.89. The summed E-state index contributed by atoms with van der Waals surface area (Å²) in [4.78, 5) is 13.2. The van der Waals surface area contributed by atoms with E-state index in [0.717, 1.165) is 11.3 Å². The van der Waals surface area contributed by atoms with Gasteiger partial charge in [-0.25, -0.2) is 4.79 Å². The van der Waals surface area contributed by atoms with Crippen LogP contribution in [0.2, 0.25) is 0 Å². The zero-order chi connectivity index (χ0) is 16.4. The van der Waals surface area contributed by atoms with E-state index in [9.17, 15) is 9.90 Å². The predicted molar refractivity (Wildman–Crippen MR) is 88.8 cm³/mol. The van der Waals surface area contributed by atoms with E-state index < -0.39 is 5.97 Å². The number of nitrogens with one attached hydrogen (secondary N) is 1. The van der Waals surface area contributed by atoms with Crippen molar-refractivity contribution in [1.29, 1.82) is 5.41 Å². The molecule has 0 amide bonds. The largest absolute Gasteiger partial charge is 0.510 e. The van der Waals surface area contributed by atoms with Crippen LogP contribution in [0.15, 0.2) is 60.4 Å². The second-order valence-corrected chi connectivity index (χ2v) is 5.16. The van der Waals surface area contributed by atoms with Gasteiger partial charge in [0.25, 0.3) is 0 Å². The zero-order valence-corrected chi connectivity index (χ0v) is 12.6. The summed E-state index contributed by atoms with van der Waals surface area (Å²) in [6.45, 7) is 0.237. The van der Waals surface area contributed by atoms with Gasteiger partial charge in [-0.2, -0.15) is 0 Å². The lowest BCUT2D eigenvalue weighted by Crippen LogP contribution is -2.26. The molecular weight excluding hydrogens is 292 g/mol. The van der Waals surface area contributed by atoms with Crippen LogP contribution < -0.4 is 4.90 Å². The number of anilines is 1. The molecule has 1 aliphatic heterocycles. The Morgan fingerprint density at radius 1 is 1.13 bits per heavy atom. The van der Waals surface area contributed by atoms with Crippen LogP contribution >= 0.6 is 0 Å². The molecule has 1 heterocycles. The molecule has 2 N–H and O–H groups in total. The number of nitrogens with zero attached hydrogens (tertiary/aromatic N) is 1. The van der Waals surface area contributed by atoms with Gasteiger partial charge in [-0.3, -0.25) is 5.41 Å². The molecule has 2 aromatic rings. The molecule has 2 aromatic carbocycles. The predicted octanol–water partition coefficient (Wildman–Crippen LogP) is 3.24. The van der Waals surface area contributed by atoms with E-state index in [1.165, 1.54) is 7.11 Å². The zero-order valence-electron chi connectivity index (χ0n) is 12.6. The van der Waals surface area contributed by atoms with Gasteiger partial charge in [-0.1, -0.05) is 30.3 Å². The number of hydrogen-bond donors (Lipinski definition) is 2. The number of esters is 1. The molecule has 0 saturated carbocycles. The maximum Gasteiger partial charge on any atom is 0.337 e. The van der Waals surface area contributed by atoms with Gasteiger partial charge in [0.1, 0.15) is 11.6 Å². The molecule has 0 atom stereocenters. The Kier molecular flexibility index (Phi) is 3.85. The van der Waals surface area contributed by atoms with Gasteiger partial charge in [0.05, 0.1) is 24.8 Å². The van der Waals surface area contributed by atoms with E-state index in [0.29, 0.717) is 11.1 Å². The minimum absolute atomic E-state index is 0.165. The topological polar surface area (TPSA) is 73.6 Å². The van der Waals surface area contributed by atoms with Crippen molar-refractivity contribution >= 4 is 23.1 Å². The van der Waals surface area contributed by atoms with Gasteiger partial charge in [0.2, 0.25) is 0 Å². The van der Waals surface area contributed by atoms with Gasteiger partial charge < -0.3 is 14.7 Å². The molecule has 5 nitrogen and oxygen atoms in total. The molecular formula is C18H16N2O3. The maximum atomic E-state index is 11.5. The van der Waals surface area contributed by atoms with Crippen LogP contribution in [0.3, 0.4) is 0 Å². The highest BCUT2D eigenvalue weighted by molar-refractivity contribution is 6.30. The summed E-state index contributed by atoms with van der Waals surface area (Å²) in [5.74, 6) is -0.00300. The first-order chi connectivity index (χ1) is 11.1. The van der Waals surface area contributed by atoms with Crippen molar-refractivity contribution in [3.63, 3.8) is 0 Å². The molecule has 0 radical (unpaired) electrons. The Hall–Kier alpha value is -3.08. The summed E-state index contributed by atoms with van der Waals surface area (Å²) in [5, 5.41) is 18.6. The Morgan fingerprint density at radius 3 is 2.39 bits per heavy atom. The van der Waals surface area contributed by atoms with Crippen molar-refractivity contribution in [2.24, 2.45) is 0 Å². The molecule has 0 spiro atoms. The van der Waals surface area contributed by atoms with Crippen molar-refractivity contribution in [3.8, 4) is 0 Å². The number of aliphatic hydroxyl groups excluding tert-OH is 1. The summed E-state index contributed by atoms with van der Waals surface area (Å²) >= 11 is 0. The second-order valence-electron chi connectivity index (χ2n) is 5.16. The number of rotatable bonds is 3. The maximum absolute atomic E-state index is 11.5. The molecule has 23 heavy (non-hydrogen) atoms. The average molecular weight is 308 g/mol. The van der Waals surface area contributed by atoms with Crippen molar-refractivity contribution in [2.75, 3.05) is 18.6 Å². The van der Waals surface area contributed by atoms with E-state index in [4.69, 9.17) is 5.41 Å². The van der Waals surface area contributed by atoms with E-state index in [1.54, 1.807) is 29.2 Å². The van der Waals surface area contributed by atoms with Crippen molar-refractivity contribution in [3.05, 3.63) is 71.5 Å². The third-order valence-electron chi connectivity index (χ3n) is 3.77. The summed E-state index contributed by atoms with van der Waals surface area (Å²) < 4.78 is 4.67. The van der Waals surface area contributed by atoms with E-state index in [-0.39, 0.29) is 18.1 Å². The van der Waals surface area contributed by atoms with Gasteiger partial charge in [0.15, 0.2) is 0 Å². The highest BCUT2D eigenvalue weighted by atomic mass is 16.5. The number of benzene rings is 2. The normalized spacial score (nSPS) is 14.3. The van der Waals surface area contributed by atoms with Crippen LogP contribution in [0.1, 0.15) is 15.9 Å². The van der Waals surface area contributed by atoms with Gasteiger partial charge in [-0.05, 0) is 29.8 Å². The van der Waals surface area contributed by atoms with Gasteiger partial charge in [0, 0.05) is 5.69 Å². The fourth-order valence-corrected chi connectivity index (χ4v) is 2.60. The lowest BCUT2D eigenvalue weighted by molar-refractivity contribution is 0.0601. The number of ether oxygens (including phenoxy) is 1. The third kappa shape index (κ3) is 2.68. The molecule has 0 fully saturated rings. The Balaban J connectivity index is 1.87. The van der Waals surface area contributed by atoms with Crippen molar-refractivity contribution in [1.82, 2.24) is 0 Å². The molecule has 3 rings (SSSR count). The van der Waals surface area contributed by atoms with Crippen molar-refractivity contribution in [2.45, 2.75) is 0 Å². The first-order valence-corrected chi connectivity index (χ1v) is 7.14. The van der Waals surface area contributed by atoms with Crippen LogP contribution in [0.4, 0.5) is 5.69 Å². The first-order valence-electron chi connectivity index (χ1n) is 7.14. The standard InChI is InChI=1S/C18H16N2O3/c1-23-18(22)13-7-9-14(10-8-13)20-11-15(21)16(17(20)19)12-5-3-2-4-6-12/h2-10,19,21H,11H2,1H3. The second kappa shape index (κ2) is 5.96. The van der Waals surface area contributed by atoms with Crippen LogP contribution in [-0.2, 0) is 4.74 Å². The molecule has 0 unspecified atom stereocenters. The highest BCUT2D eigenvalue weighted by Crippen LogP contribution is 2.31. The monoisotopic (exact) mass is 308 g/mol. The highest BCUT2D eigenvalue weighted by Gasteiger charge is 2.29. The summed E-state index contributed by atoms with van der Waals surface area (Å²) in [6.07, 6.45) is 0. The lowest BCUT2D eigenvalue weighted by Gasteiger charge is -2.19. The molecule has 5 heteroatoms. The molecule has 1 aliphatic rings. The molecule has 0 aromatic heterocycles. The number of amidine groups is 1. The number of carbonyl (C=O) groups is 1. The summed E-state index contributed by atoms with van der Waals surface area (Å²) in [5.41, 5.74) is 2.52. The number of carbonyl (C=O) groups excluding carboxylic acids is 1. The van der Waals surface area contributed by atoms with Crippen LogP contribution in [0, 0.1) is 5.41 Å². The summed E-state index contributed by atoms with van der Waals surface area (Å²) in [6, 6.07) is 16.1. The smallest absolute Gasteiger partial charge is 0.337 e.